The van der Waals surface area contributed by atoms with Crippen LogP contribution in [0.4, 0.5) is 0 Å². The fourth-order valence-electron chi connectivity index (χ4n) is 2.02. The number of nitrogens with two attached hydrogens (primary N) is 1. The summed E-state index contributed by atoms with van der Waals surface area (Å²) >= 11 is 0. The predicted octanol–water partition coefficient (Wildman–Crippen LogP) is 1.80. The second-order valence-corrected chi connectivity index (χ2v) is 4.76. The number of aromatic nitrogens is 4. The van der Waals surface area contributed by atoms with Crippen LogP contribution in [0.25, 0.3) is 0 Å². The Balaban J connectivity index is 2.19. The number of aryl methyl sites for hydroxylation is 1. The van der Waals surface area contributed by atoms with Gasteiger partial charge in [-0.2, -0.15) is 5.10 Å². The lowest BCUT2D eigenvalue weighted by atomic mass is 10.0. The van der Waals surface area contributed by atoms with Gasteiger partial charge in [0.25, 0.3) is 0 Å². The Morgan fingerprint density at radius 3 is 2.83 bits per heavy atom. The molecule has 0 saturated heterocycles. The molecule has 96 valence electrons. The van der Waals surface area contributed by atoms with Crippen LogP contribution in [0.2, 0.25) is 0 Å². The van der Waals surface area contributed by atoms with E-state index in [0.717, 1.165) is 17.0 Å². The van der Waals surface area contributed by atoms with Crippen molar-refractivity contribution >= 4 is 0 Å². The van der Waals surface area contributed by atoms with E-state index >= 15 is 0 Å². The number of hydrogen-bond donors (Lipinski definition) is 1. The standard InChI is InChI=1S/C13H19N5/c1-9(2)18-13(16-8-17-18)6-12(14)11-7-15-5-4-10(11)3/h4-5,7-9,12H,6,14H2,1-3H3. The van der Waals surface area contributed by atoms with Crippen LogP contribution in [0.15, 0.2) is 24.8 Å². The molecule has 18 heavy (non-hydrogen) atoms. The SMILES string of the molecule is Cc1ccncc1C(N)Cc1ncnn1C(C)C. The molecule has 0 bridgehead atoms. The summed E-state index contributed by atoms with van der Waals surface area (Å²) in [7, 11) is 0. The molecular weight excluding hydrogens is 226 g/mol. The first kappa shape index (κ1) is 12.7. The molecule has 0 aliphatic carbocycles. The lowest BCUT2D eigenvalue weighted by Crippen LogP contribution is -2.19. The van der Waals surface area contributed by atoms with Crippen molar-refractivity contribution in [1.29, 1.82) is 0 Å². The predicted molar refractivity (Wildman–Crippen MR) is 70.0 cm³/mol. The lowest BCUT2D eigenvalue weighted by molar-refractivity contribution is 0.493. The van der Waals surface area contributed by atoms with Gasteiger partial charge >= 0.3 is 0 Å². The van der Waals surface area contributed by atoms with Crippen LogP contribution in [0.3, 0.4) is 0 Å². The van der Waals surface area contributed by atoms with Gasteiger partial charge in [0.15, 0.2) is 0 Å². The molecule has 2 N–H and O–H groups in total. The van der Waals surface area contributed by atoms with Gasteiger partial charge in [-0.25, -0.2) is 9.67 Å². The molecule has 0 spiro atoms. The third kappa shape index (κ3) is 2.56. The van der Waals surface area contributed by atoms with E-state index in [1.165, 1.54) is 0 Å². The quantitative estimate of drug-likeness (QED) is 0.891. The Morgan fingerprint density at radius 2 is 2.17 bits per heavy atom. The first-order valence-corrected chi connectivity index (χ1v) is 6.14. The molecule has 5 nitrogen and oxygen atoms in total. The Kier molecular flexibility index (Phi) is 3.72. The van der Waals surface area contributed by atoms with Crippen molar-refractivity contribution in [2.24, 2.45) is 5.73 Å². The minimum absolute atomic E-state index is 0.0969. The molecule has 2 aromatic heterocycles. The second-order valence-electron chi connectivity index (χ2n) is 4.76. The van der Waals surface area contributed by atoms with E-state index in [-0.39, 0.29) is 6.04 Å². The Hall–Kier alpha value is -1.75. The Labute approximate surface area is 107 Å². The van der Waals surface area contributed by atoms with E-state index in [1.807, 2.05) is 23.9 Å². The highest BCUT2D eigenvalue weighted by atomic mass is 15.3. The van der Waals surface area contributed by atoms with Crippen LogP contribution < -0.4 is 5.73 Å². The summed E-state index contributed by atoms with van der Waals surface area (Å²) in [6.45, 7) is 6.21. The first-order valence-electron chi connectivity index (χ1n) is 6.14. The van der Waals surface area contributed by atoms with Gasteiger partial charge in [0.05, 0.1) is 0 Å². The van der Waals surface area contributed by atoms with Gasteiger partial charge < -0.3 is 5.73 Å². The normalized spacial score (nSPS) is 12.9. The highest BCUT2D eigenvalue weighted by Gasteiger charge is 2.15. The third-order valence-electron chi connectivity index (χ3n) is 3.02. The molecule has 2 rings (SSSR count). The van der Waals surface area contributed by atoms with E-state index < -0.39 is 0 Å². The van der Waals surface area contributed by atoms with Crippen molar-refractivity contribution in [1.82, 2.24) is 19.7 Å². The molecule has 0 amide bonds. The van der Waals surface area contributed by atoms with Crippen molar-refractivity contribution in [2.75, 3.05) is 0 Å². The molecule has 2 heterocycles. The van der Waals surface area contributed by atoms with Crippen molar-refractivity contribution in [3.05, 3.63) is 41.7 Å². The van der Waals surface area contributed by atoms with E-state index in [1.54, 1.807) is 12.5 Å². The van der Waals surface area contributed by atoms with Gasteiger partial charge in [0, 0.05) is 30.9 Å². The third-order valence-corrected chi connectivity index (χ3v) is 3.02. The van der Waals surface area contributed by atoms with E-state index in [0.29, 0.717) is 12.5 Å². The maximum Gasteiger partial charge on any atom is 0.138 e. The maximum absolute atomic E-state index is 6.23. The summed E-state index contributed by atoms with van der Waals surface area (Å²) in [5, 5.41) is 4.22. The summed E-state index contributed by atoms with van der Waals surface area (Å²) in [4.78, 5) is 8.41. The molecule has 0 radical (unpaired) electrons. The highest BCUT2D eigenvalue weighted by molar-refractivity contribution is 5.25. The van der Waals surface area contributed by atoms with Gasteiger partial charge in [-0.3, -0.25) is 4.98 Å². The molecule has 0 fully saturated rings. The summed E-state index contributed by atoms with van der Waals surface area (Å²) in [6, 6.07) is 2.17. The van der Waals surface area contributed by atoms with Crippen LogP contribution in [0.1, 0.15) is 42.9 Å². The zero-order chi connectivity index (χ0) is 13.1. The van der Waals surface area contributed by atoms with Crippen LogP contribution in [0, 0.1) is 6.92 Å². The van der Waals surface area contributed by atoms with Crippen molar-refractivity contribution < 1.29 is 0 Å². The van der Waals surface area contributed by atoms with Gasteiger partial charge in [-0.15, -0.1) is 0 Å². The number of nitrogens with zero attached hydrogens (tertiary/aromatic N) is 4. The fourth-order valence-corrected chi connectivity index (χ4v) is 2.02. The Bertz CT molecular complexity index is 518. The number of rotatable bonds is 4. The zero-order valence-corrected chi connectivity index (χ0v) is 11.0. The van der Waals surface area contributed by atoms with Crippen LogP contribution >= 0.6 is 0 Å². The van der Waals surface area contributed by atoms with Crippen LogP contribution in [0.5, 0.6) is 0 Å². The van der Waals surface area contributed by atoms with Crippen molar-refractivity contribution in [2.45, 2.75) is 39.3 Å². The van der Waals surface area contributed by atoms with Gasteiger partial charge in [0.2, 0.25) is 0 Å². The molecule has 2 aromatic rings. The second kappa shape index (κ2) is 5.27. The molecule has 0 saturated carbocycles. The molecule has 0 aromatic carbocycles. The smallest absolute Gasteiger partial charge is 0.138 e. The first-order chi connectivity index (χ1) is 8.59. The van der Waals surface area contributed by atoms with E-state index in [4.69, 9.17) is 5.73 Å². The summed E-state index contributed by atoms with van der Waals surface area (Å²) in [5.41, 5.74) is 8.46. The van der Waals surface area contributed by atoms with Gasteiger partial charge in [-0.1, -0.05) is 0 Å². The molecule has 1 unspecified atom stereocenters. The van der Waals surface area contributed by atoms with Crippen molar-refractivity contribution in [3.8, 4) is 0 Å². The largest absolute Gasteiger partial charge is 0.324 e. The zero-order valence-electron chi connectivity index (χ0n) is 11.0. The fraction of sp³-hybridized carbons (Fsp3) is 0.462. The van der Waals surface area contributed by atoms with Gasteiger partial charge in [-0.05, 0) is 38.0 Å². The average Bonchev–Trinajstić information content (AvgIpc) is 2.77. The number of hydrogen-bond acceptors (Lipinski definition) is 4. The van der Waals surface area contributed by atoms with Crippen LogP contribution in [-0.4, -0.2) is 19.7 Å². The van der Waals surface area contributed by atoms with Crippen molar-refractivity contribution in [3.63, 3.8) is 0 Å². The minimum Gasteiger partial charge on any atom is -0.324 e. The minimum atomic E-state index is -0.0969. The molecule has 0 aliphatic heterocycles. The molecule has 0 aliphatic rings. The summed E-state index contributed by atoms with van der Waals surface area (Å²) in [5.74, 6) is 0.917. The van der Waals surface area contributed by atoms with Gasteiger partial charge in [0.1, 0.15) is 12.2 Å². The topological polar surface area (TPSA) is 69.6 Å². The molecule has 1 atom stereocenters. The lowest BCUT2D eigenvalue weighted by Gasteiger charge is -2.15. The monoisotopic (exact) mass is 245 g/mol. The summed E-state index contributed by atoms with van der Waals surface area (Å²) in [6.07, 6.45) is 5.86. The maximum atomic E-state index is 6.23. The van der Waals surface area contributed by atoms with E-state index in [2.05, 4.69) is 28.9 Å². The average molecular weight is 245 g/mol. The highest BCUT2D eigenvalue weighted by Crippen LogP contribution is 2.18. The summed E-state index contributed by atoms with van der Waals surface area (Å²) < 4.78 is 1.91. The van der Waals surface area contributed by atoms with E-state index in [9.17, 15) is 0 Å². The molecular formula is C13H19N5. The Morgan fingerprint density at radius 1 is 1.39 bits per heavy atom. The number of pyridine rings is 1. The van der Waals surface area contributed by atoms with Crippen LogP contribution in [-0.2, 0) is 6.42 Å². The molecule has 5 heteroatoms.